The van der Waals surface area contributed by atoms with Crippen molar-refractivity contribution in [2.75, 3.05) is 26.2 Å². The van der Waals surface area contributed by atoms with Gasteiger partial charge < -0.3 is 9.64 Å². The van der Waals surface area contributed by atoms with Crippen molar-refractivity contribution in [1.29, 1.82) is 0 Å². The standard InChI is InChI=1S/C21H26N2O4S/c1-3-20(27-18-11-9-17(2)10-12-18)21(24)22-13-15-23(16-14-22)28(25,26)19-7-5-4-6-8-19/h4-12,20H,3,13-16H2,1-2H3. The van der Waals surface area contributed by atoms with Gasteiger partial charge in [0.2, 0.25) is 10.0 Å². The van der Waals surface area contributed by atoms with Gasteiger partial charge in [-0.2, -0.15) is 4.31 Å². The van der Waals surface area contributed by atoms with Gasteiger partial charge in [-0.15, -0.1) is 0 Å². The molecule has 1 unspecified atom stereocenters. The van der Waals surface area contributed by atoms with Crippen molar-refractivity contribution >= 4 is 15.9 Å². The quantitative estimate of drug-likeness (QED) is 0.745. The van der Waals surface area contributed by atoms with Crippen molar-refractivity contribution in [3.8, 4) is 5.75 Å². The number of hydrogen-bond acceptors (Lipinski definition) is 4. The van der Waals surface area contributed by atoms with E-state index in [0.717, 1.165) is 5.56 Å². The number of aryl methyl sites for hydroxylation is 1. The Kier molecular flexibility index (Phi) is 6.36. The molecule has 0 bridgehead atoms. The normalized spacial score (nSPS) is 16.6. The molecule has 6 nitrogen and oxygen atoms in total. The first-order valence-electron chi connectivity index (χ1n) is 9.49. The van der Waals surface area contributed by atoms with Crippen molar-refractivity contribution in [3.63, 3.8) is 0 Å². The zero-order valence-electron chi connectivity index (χ0n) is 16.2. The van der Waals surface area contributed by atoms with E-state index in [2.05, 4.69) is 0 Å². The fourth-order valence-corrected chi connectivity index (χ4v) is 4.63. The van der Waals surface area contributed by atoms with Gasteiger partial charge in [0, 0.05) is 26.2 Å². The Bertz CT molecular complexity index is 890. The Labute approximate surface area is 166 Å². The van der Waals surface area contributed by atoms with Crippen LogP contribution < -0.4 is 4.74 Å². The van der Waals surface area contributed by atoms with Gasteiger partial charge >= 0.3 is 0 Å². The Hall–Kier alpha value is -2.38. The number of benzene rings is 2. The summed E-state index contributed by atoms with van der Waals surface area (Å²) < 4.78 is 32.8. The molecule has 0 N–H and O–H groups in total. The van der Waals surface area contributed by atoms with Crippen LogP contribution in [0.3, 0.4) is 0 Å². The van der Waals surface area contributed by atoms with Crippen LogP contribution in [0, 0.1) is 6.92 Å². The van der Waals surface area contributed by atoms with Crippen LogP contribution in [0.25, 0.3) is 0 Å². The van der Waals surface area contributed by atoms with Crippen LogP contribution in [0.4, 0.5) is 0 Å². The third kappa shape index (κ3) is 4.54. The summed E-state index contributed by atoms with van der Waals surface area (Å²) in [6.07, 6.45) is -0.0186. The van der Waals surface area contributed by atoms with Crippen molar-refractivity contribution in [1.82, 2.24) is 9.21 Å². The predicted molar refractivity (Wildman–Crippen MR) is 108 cm³/mol. The number of rotatable bonds is 6. The minimum Gasteiger partial charge on any atom is -0.481 e. The van der Waals surface area contributed by atoms with Crippen LogP contribution in [0.1, 0.15) is 18.9 Å². The van der Waals surface area contributed by atoms with E-state index in [9.17, 15) is 13.2 Å². The van der Waals surface area contributed by atoms with E-state index in [1.54, 1.807) is 35.2 Å². The lowest BCUT2D eigenvalue weighted by Gasteiger charge is -2.35. The molecule has 1 saturated heterocycles. The molecular weight excluding hydrogens is 376 g/mol. The molecule has 2 aromatic rings. The lowest BCUT2D eigenvalue weighted by Crippen LogP contribution is -2.53. The summed E-state index contributed by atoms with van der Waals surface area (Å²) in [4.78, 5) is 14.8. The number of piperazine rings is 1. The molecule has 0 saturated carbocycles. The molecule has 1 amide bonds. The van der Waals surface area contributed by atoms with Crippen LogP contribution in [-0.4, -0.2) is 55.8 Å². The highest BCUT2D eigenvalue weighted by Crippen LogP contribution is 2.19. The second-order valence-corrected chi connectivity index (χ2v) is 8.81. The van der Waals surface area contributed by atoms with E-state index in [4.69, 9.17) is 4.74 Å². The number of carbonyl (C=O) groups is 1. The van der Waals surface area contributed by atoms with E-state index >= 15 is 0 Å². The molecule has 1 heterocycles. The highest BCUT2D eigenvalue weighted by atomic mass is 32.2. The SMILES string of the molecule is CCC(Oc1ccc(C)cc1)C(=O)N1CCN(S(=O)(=O)c2ccccc2)CC1. The second kappa shape index (κ2) is 8.75. The van der Waals surface area contributed by atoms with Gasteiger partial charge in [-0.1, -0.05) is 42.8 Å². The summed E-state index contributed by atoms with van der Waals surface area (Å²) in [5.74, 6) is 0.566. The molecule has 1 aliphatic heterocycles. The lowest BCUT2D eigenvalue weighted by atomic mass is 10.2. The second-order valence-electron chi connectivity index (χ2n) is 6.87. The average molecular weight is 403 g/mol. The zero-order valence-corrected chi connectivity index (χ0v) is 17.1. The number of nitrogens with zero attached hydrogens (tertiary/aromatic N) is 2. The van der Waals surface area contributed by atoms with Crippen LogP contribution >= 0.6 is 0 Å². The third-order valence-electron chi connectivity index (χ3n) is 4.88. The van der Waals surface area contributed by atoms with Gasteiger partial charge in [0.1, 0.15) is 5.75 Å². The maximum Gasteiger partial charge on any atom is 0.263 e. The van der Waals surface area contributed by atoms with E-state index in [1.807, 2.05) is 38.1 Å². The van der Waals surface area contributed by atoms with Gasteiger partial charge in [0.05, 0.1) is 4.90 Å². The summed E-state index contributed by atoms with van der Waals surface area (Å²) in [6, 6.07) is 16.0. The van der Waals surface area contributed by atoms with Crippen molar-refractivity contribution in [3.05, 3.63) is 60.2 Å². The molecule has 3 rings (SSSR count). The topological polar surface area (TPSA) is 66.9 Å². The van der Waals surface area contributed by atoms with Crippen molar-refractivity contribution in [2.45, 2.75) is 31.3 Å². The van der Waals surface area contributed by atoms with E-state index < -0.39 is 16.1 Å². The Balaban J connectivity index is 1.61. The van der Waals surface area contributed by atoms with Crippen molar-refractivity contribution < 1.29 is 17.9 Å². The molecule has 0 aromatic heterocycles. The smallest absolute Gasteiger partial charge is 0.263 e. The predicted octanol–water partition coefficient (Wildman–Crippen LogP) is 2.69. The summed E-state index contributed by atoms with van der Waals surface area (Å²) in [5, 5.41) is 0. The van der Waals surface area contributed by atoms with Crippen LogP contribution in [-0.2, 0) is 14.8 Å². The minimum atomic E-state index is -3.53. The number of ether oxygens (including phenoxy) is 1. The molecule has 1 aliphatic rings. The van der Waals surface area contributed by atoms with Crippen LogP contribution in [0.5, 0.6) is 5.75 Å². The van der Waals surface area contributed by atoms with E-state index in [-0.39, 0.29) is 23.9 Å². The maximum atomic E-state index is 12.9. The molecule has 28 heavy (non-hydrogen) atoms. The van der Waals surface area contributed by atoms with Gasteiger partial charge in [0.25, 0.3) is 5.91 Å². The average Bonchev–Trinajstić information content (AvgIpc) is 2.73. The van der Waals surface area contributed by atoms with E-state index in [0.29, 0.717) is 25.3 Å². The van der Waals surface area contributed by atoms with Crippen LogP contribution in [0.2, 0.25) is 0 Å². The summed E-state index contributed by atoms with van der Waals surface area (Å²) in [6.45, 7) is 5.19. The molecule has 2 aromatic carbocycles. The minimum absolute atomic E-state index is 0.0974. The summed E-state index contributed by atoms with van der Waals surface area (Å²) >= 11 is 0. The first-order chi connectivity index (χ1) is 13.4. The first-order valence-corrected chi connectivity index (χ1v) is 10.9. The molecule has 150 valence electrons. The highest BCUT2D eigenvalue weighted by Gasteiger charge is 2.32. The molecule has 1 atom stereocenters. The van der Waals surface area contributed by atoms with Crippen molar-refractivity contribution in [2.24, 2.45) is 0 Å². The fraction of sp³-hybridized carbons (Fsp3) is 0.381. The maximum absolute atomic E-state index is 12.9. The first kappa shape index (κ1) is 20.4. The Morgan fingerprint density at radius 1 is 1.00 bits per heavy atom. The van der Waals surface area contributed by atoms with Gasteiger partial charge in [-0.3, -0.25) is 4.79 Å². The number of hydrogen-bond donors (Lipinski definition) is 0. The Morgan fingerprint density at radius 3 is 2.18 bits per heavy atom. The molecule has 7 heteroatoms. The lowest BCUT2D eigenvalue weighted by molar-refractivity contribution is -0.140. The highest BCUT2D eigenvalue weighted by molar-refractivity contribution is 7.89. The molecule has 0 spiro atoms. The number of amides is 1. The van der Waals surface area contributed by atoms with Gasteiger partial charge in [0.15, 0.2) is 6.10 Å². The molecule has 1 fully saturated rings. The summed E-state index contributed by atoms with van der Waals surface area (Å²) in [5.41, 5.74) is 1.13. The monoisotopic (exact) mass is 402 g/mol. The summed E-state index contributed by atoms with van der Waals surface area (Å²) in [7, 11) is -3.53. The third-order valence-corrected chi connectivity index (χ3v) is 6.79. The molecule has 0 radical (unpaired) electrons. The number of sulfonamides is 1. The van der Waals surface area contributed by atoms with Gasteiger partial charge in [-0.05, 0) is 37.6 Å². The van der Waals surface area contributed by atoms with Crippen LogP contribution in [0.15, 0.2) is 59.5 Å². The van der Waals surface area contributed by atoms with Gasteiger partial charge in [-0.25, -0.2) is 8.42 Å². The van der Waals surface area contributed by atoms with E-state index in [1.165, 1.54) is 4.31 Å². The molecule has 0 aliphatic carbocycles. The molecular formula is C21H26N2O4S. The zero-order chi connectivity index (χ0) is 20.1. The number of carbonyl (C=O) groups excluding carboxylic acids is 1. The largest absolute Gasteiger partial charge is 0.481 e. The fourth-order valence-electron chi connectivity index (χ4n) is 3.18. The Morgan fingerprint density at radius 2 is 1.61 bits per heavy atom.